The molecule has 1 aromatic heterocycles. The zero-order valence-corrected chi connectivity index (χ0v) is 18.4. The predicted molar refractivity (Wildman–Crippen MR) is 117 cm³/mol. The Bertz CT molecular complexity index is 1070. The average Bonchev–Trinajstić information content (AvgIpc) is 3.48. The summed E-state index contributed by atoms with van der Waals surface area (Å²) in [5.74, 6) is 2.24. The summed E-state index contributed by atoms with van der Waals surface area (Å²) in [7, 11) is 0. The lowest BCUT2D eigenvalue weighted by atomic mass is 10.1. The van der Waals surface area contributed by atoms with Crippen LogP contribution in [0.5, 0.6) is 5.75 Å². The third-order valence-electron chi connectivity index (χ3n) is 6.39. The van der Waals surface area contributed by atoms with Crippen LogP contribution < -0.4 is 9.64 Å². The van der Waals surface area contributed by atoms with Crippen LogP contribution in [0.3, 0.4) is 0 Å². The number of alkyl halides is 3. The molecule has 10 heteroatoms. The molecule has 1 atom stereocenters. The zero-order valence-electron chi connectivity index (χ0n) is 18.4. The van der Waals surface area contributed by atoms with E-state index in [-0.39, 0.29) is 17.8 Å². The van der Waals surface area contributed by atoms with Gasteiger partial charge in [-0.2, -0.15) is 0 Å². The van der Waals surface area contributed by atoms with Gasteiger partial charge in [0.2, 0.25) is 0 Å². The summed E-state index contributed by atoms with van der Waals surface area (Å²) in [6.45, 7) is 2.95. The SMILES string of the molecule is CCCN1C(=O)N2CC(Cc3cccc(OC(F)(F)F)c3)N=C2c2[nH]c(C3CCCC3)nc21. The molecular formula is C23H26F3N5O2. The van der Waals surface area contributed by atoms with Crippen molar-refractivity contribution in [2.24, 2.45) is 4.99 Å². The molecule has 7 nitrogen and oxygen atoms in total. The van der Waals surface area contributed by atoms with Crippen molar-refractivity contribution in [2.75, 3.05) is 18.0 Å². The largest absolute Gasteiger partial charge is 0.573 e. The topological polar surface area (TPSA) is 73.8 Å². The van der Waals surface area contributed by atoms with E-state index < -0.39 is 6.36 Å². The summed E-state index contributed by atoms with van der Waals surface area (Å²) < 4.78 is 41.8. The van der Waals surface area contributed by atoms with Gasteiger partial charge in [0.25, 0.3) is 0 Å². The van der Waals surface area contributed by atoms with Crippen molar-refractivity contribution in [3.8, 4) is 5.75 Å². The molecule has 3 heterocycles. The van der Waals surface area contributed by atoms with Crippen LogP contribution in [0.1, 0.15) is 62.0 Å². The number of hydrogen-bond acceptors (Lipinski definition) is 4. The van der Waals surface area contributed by atoms with E-state index >= 15 is 0 Å². The molecule has 1 N–H and O–H groups in total. The number of rotatable bonds is 6. The van der Waals surface area contributed by atoms with Gasteiger partial charge in [-0.1, -0.05) is 31.9 Å². The minimum Gasteiger partial charge on any atom is -0.406 e. The third kappa shape index (κ3) is 4.30. The van der Waals surface area contributed by atoms with Crippen molar-refractivity contribution in [2.45, 2.75) is 63.8 Å². The van der Waals surface area contributed by atoms with Crippen LogP contribution >= 0.6 is 0 Å². The lowest BCUT2D eigenvalue weighted by Gasteiger charge is -2.32. The molecule has 0 spiro atoms. The number of carbonyl (C=O) groups is 1. The van der Waals surface area contributed by atoms with Gasteiger partial charge in [-0.25, -0.2) is 9.78 Å². The summed E-state index contributed by atoms with van der Waals surface area (Å²) in [6.07, 6.45) is 0.990. The van der Waals surface area contributed by atoms with Gasteiger partial charge in [0, 0.05) is 12.5 Å². The Kier molecular flexibility index (Phi) is 5.54. The minimum atomic E-state index is -4.74. The van der Waals surface area contributed by atoms with Gasteiger partial charge in [-0.05, 0) is 43.4 Å². The highest BCUT2D eigenvalue weighted by molar-refractivity contribution is 6.18. The van der Waals surface area contributed by atoms with E-state index in [1.165, 1.54) is 31.0 Å². The Labute approximate surface area is 189 Å². The summed E-state index contributed by atoms with van der Waals surface area (Å²) in [5.41, 5.74) is 1.43. The highest BCUT2D eigenvalue weighted by Crippen LogP contribution is 2.37. The van der Waals surface area contributed by atoms with Crippen LogP contribution in [0, 0.1) is 0 Å². The summed E-state index contributed by atoms with van der Waals surface area (Å²) in [5, 5.41) is 0. The quantitative estimate of drug-likeness (QED) is 0.659. The maximum Gasteiger partial charge on any atom is 0.573 e. The second-order valence-corrected chi connectivity index (χ2v) is 8.85. The summed E-state index contributed by atoms with van der Waals surface area (Å²) in [6, 6.07) is 5.50. The summed E-state index contributed by atoms with van der Waals surface area (Å²) in [4.78, 5) is 29.7. The molecule has 2 amide bonds. The summed E-state index contributed by atoms with van der Waals surface area (Å²) >= 11 is 0. The number of anilines is 1. The molecule has 5 rings (SSSR count). The number of aliphatic imine (C=N–C) groups is 1. The fourth-order valence-corrected chi connectivity index (χ4v) is 4.99. The Morgan fingerprint density at radius 2 is 2.03 bits per heavy atom. The number of H-pyrrole nitrogens is 1. The first-order valence-corrected chi connectivity index (χ1v) is 11.4. The number of aromatic nitrogens is 2. The van der Waals surface area contributed by atoms with Crippen LogP contribution in [0.2, 0.25) is 0 Å². The van der Waals surface area contributed by atoms with Crippen molar-refractivity contribution in [3.63, 3.8) is 0 Å². The van der Waals surface area contributed by atoms with Gasteiger partial charge in [0.05, 0.1) is 12.6 Å². The maximum atomic E-state index is 13.3. The van der Waals surface area contributed by atoms with Gasteiger partial charge in [-0.3, -0.25) is 14.8 Å². The molecule has 1 fully saturated rings. The van der Waals surface area contributed by atoms with Crippen LogP contribution in [0.4, 0.5) is 23.8 Å². The zero-order chi connectivity index (χ0) is 23.2. The number of urea groups is 1. The predicted octanol–water partition coefficient (Wildman–Crippen LogP) is 4.99. The molecular weight excluding hydrogens is 435 g/mol. The van der Waals surface area contributed by atoms with Crippen molar-refractivity contribution >= 4 is 17.7 Å². The second-order valence-electron chi connectivity index (χ2n) is 8.85. The third-order valence-corrected chi connectivity index (χ3v) is 6.39. The molecule has 33 heavy (non-hydrogen) atoms. The van der Waals surface area contributed by atoms with E-state index in [0.29, 0.717) is 42.6 Å². The van der Waals surface area contributed by atoms with E-state index in [4.69, 9.17) is 9.98 Å². The van der Waals surface area contributed by atoms with Gasteiger partial charge in [0.1, 0.15) is 17.3 Å². The number of halogens is 3. The standard InChI is InChI=1S/C23H26F3N5O2/c1-2-10-30-21-18(28-19(29-21)15-7-3-4-8-15)20-27-16(13-31(20)22(30)32)11-14-6-5-9-17(12-14)33-23(24,25)26/h5-6,9,12,15-16H,2-4,7-8,10-11,13H2,1H3,(H,28,29). The van der Waals surface area contributed by atoms with Crippen LogP contribution in [0.15, 0.2) is 29.3 Å². The number of amides is 2. The average molecular weight is 461 g/mol. The van der Waals surface area contributed by atoms with Crippen molar-refractivity contribution in [1.82, 2.24) is 14.9 Å². The number of carbonyl (C=O) groups excluding carboxylic acids is 1. The number of amidine groups is 1. The highest BCUT2D eigenvalue weighted by Gasteiger charge is 2.43. The number of nitrogens with zero attached hydrogens (tertiary/aromatic N) is 4. The number of hydrogen-bond donors (Lipinski definition) is 1. The van der Waals surface area contributed by atoms with Crippen molar-refractivity contribution < 1.29 is 22.7 Å². The van der Waals surface area contributed by atoms with E-state index in [1.807, 2.05) is 6.92 Å². The fourth-order valence-electron chi connectivity index (χ4n) is 4.99. The van der Waals surface area contributed by atoms with Gasteiger partial charge >= 0.3 is 12.4 Å². The molecule has 3 aliphatic rings. The smallest absolute Gasteiger partial charge is 0.406 e. The molecule has 0 radical (unpaired) electrons. The van der Waals surface area contributed by atoms with E-state index in [0.717, 1.165) is 30.8 Å². The monoisotopic (exact) mass is 461 g/mol. The number of aromatic amines is 1. The number of fused-ring (bicyclic) bond motifs is 3. The van der Waals surface area contributed by atoms with E-state index in [2.05, 4.69) is 9.72 Å². The van der Waals surface area contributed by atoms with Crippen LogP contribution in [-0.4, -0.2) is 52.2 Å². The minimum absolute atomic E-state index is 0.149. The number of ether oxygens (including phenoxy) is 1. The van der Waals surface area contributed by atoms with Gasteiger partial charge in [-0.15, -0.1) is 13.2 Å². The Morgan fingerprint density at radius 1 is 1.24 bits per heavy atom. The van der Waals surface area contributed by atoms with E-state index in [9.17, 15) is 18.0 Å². The normalized spacial score (nSPS) is 20.8. The van der Waals surface area contributed by atoms with Crippen molar-refractivity contribution in [1.29, 1.82) is 0 Å². The molecule has 2 aromatic rings. The van der Waals surface area contributed by atoms with Crippen molar-refractivity contribution in [3.05, 3.63) is 41.3 Å². The molecule has 1 aromatic carbocycles. The molecule has 176 valence electrons. The highest BCUT2D eigenvalue weighted by atomic mass is 19.4. The fraction of sp³-hybridized carbons (Fsp3) is 0.522. The Hall–Kier alpha value is -3.04. The van der Waals surface area contributed by atoms with Crippen LogP contribution in [0.25, 0.3) is 0 Å². The lowest BCUT2D eigenvalue weighted by molar-refractivity contribution is -0.274. The molecule has 1 aliphatic carbocycles. The molecule has 0 saturated heterocycles. The molecule has 1 saturated carbocycles. The lowest BCUT2D eigenvalue weighted by Crippen LogP contribution is -2.50. The molecule has 0 bridgehead atoms. The Morgan fingerprint density at radius 3 is 2.76 bits per heavy atom. The number of imidazole rings is 1. The first-order chi connectivity index (χ1) is 15.8. The number of nitrogens with one attached hydrogen (secondary N) is 1. The second kappa shape index (κ2) is 8.39. The molecule has 1 unspecified atom stereocenters. The first-order valence-electron chi connectivity index (χ1n) is 11.4. The van der Waals surface area contributed by atoms with Gasteiger partial charge in [0.15, 0.2) is 11.7 Å². The first kappa shape index (κ1) is 21.8. The maximum absolute atomic E-state index is 13.3. The number of benzene rings is 1. The van der Waals surface area contributed by atoms with Crippen LogP contribution in [-0.2, 0) is 6.42 Å². The van der Waals surface area contributed by atoms with E-state index in [1.54, 1.807) is 15.9 Å². The Balaban J connectivity index is 1.42. The molecule has 2 aliphatic heterocycles. The van der Waals surface area contributed by atoms with Gasteiger partial charge < -0.3 is 9.72 Å².